The molecule has 25 heavy (non-hydrogen) atoms. The second-order valence-corrected chi connectivity index (χ2v) is 8.09. The fourth-order valence-corrected chi connectivity index (χ4v) is 3.97. The SMILES string of the molecule is Cc1nc(NC(=O)Nc2ccc(Cl)cc2)sc1CN1CCC(C)CC1. The highest BCUT2D eigenvalue weighted by molar-refractivity contribution is 7.15. The van der Waals surface area contributed by atoms with Crippen LogP contribution in [0, 0.1) is 12.8 Å². The molecule has 1 aliphatic heterocycles. The van der Waals surface area contributed by atoms with E-state index in [1.54, 1.807) is 35.6 Å². The molecular weight excluding hydrogens is 356 g/mol. The Balaban J connectivity index is 1.56. The zero-order valence-corrected chi connectivity index (χ0v) is 16.1. The van der Waals surface area contributed by atoms with Crippen LogP contribution in [0.2, 0.25) is 5.02 Å². The Bertz CT molecular complexity index is 723. The summed E-state index contributed by atoms with van der Waals surface area (Å²) in [5.74, 6) is 0.826. The van der Waals surface area contributed by atoms with Gasteiger partial charge in [-0.1, -0.05) is 18.5 Å². The van der Waals surface area contributed by atoms with Crippen molar-refractivity contribution in [1.29, 1.82) is 0 Å². The molecule has 3 rings (SSSR count). The first-order valence-corrected chi connectivity index (χ1v) is 9.71. The van der Waals surface area contributed by atoms with Crippen LogP contribution in [0.4, 0.5) is 15.6 Å². The van der Waals surface area contributed by atoms with Gasteiger partial charge in [0.05, 0.1) is 5.69 Å². The van der Waals surface area contributed by atoms with E-state index in [9.17, 15) is 4.79 Å². The predicted molar refractivity (Wildman–Crippen MR) is 105 cm³/mol. The predicted octanol–water partition coefficient (Wildman–Crippen LogP) is 4.98. The Kier molecular flexibility index (Phi) is 5.93. The van der Waals surface area contributed by atoms with E-state index in [1.165, 1.54) is 17.7 Å². The lowest BCUT2D eigenvalue weighted by atomic mass is 9.99. The number of likely N-dealkylation sites (tertiary alicyclic amines) is 1. The van der Waals surface area contributed by atoms with E-state index in [0.29, 0.717) is 15.8 Å². The highest BCUT2D eigenvalue weighted by atomic mass is 35.5. The molecule has 5 nitrogen and oxygen atoms in total. The Morgan fingerprint density at radius 3 is 2.64 bits per heavy atom. The van der Waals surface area contributed by atoms with Crippen LogP contribution < -0.4 is 10.6 Å². The summed E-state index contributed by atoms with van der Waals surface area (Å²) in [6.45, 7) is 7.50. The molecule has 0 radical (unpaired) electrons. The quantitative estimate of drug-likeness (QED) is 0.788. The van der Waals surface area contributed by atoms with Gasteiger partial charge >= 0.3 is 6.03 Å². The average Bonchev–Trinajstić information content (AvgIpc) is 2.91. The van der Waals surface area contributed by atoms with Crippen LogP contribution in [-0.2, 0) is 6.54 Å². The normalized spacial score (nSPS) is 16.0. The number of amides is 2. The summed E-state index contributed by atoms with van der Waals surface area (Å²) < 4.78 is 0. The number of benzene rings is 1. The standard InChI is InChI=1S/C18H23ClN4OS/c1-12-7-9-23(10-8-12)11-16-13(2)20-18(25-16)22-17(24)21-15-5-3-14(19)4-6-15/h3-6,12H,7-11H2,1-2H3,(H2,20,21,22,24). The highest BCUT2D eigenvalue weighted by Crippen LogP contribution is 2.26. The number of thiazole rings is 1. The lowest BCUT2D eigenvalue weighted by molar-refractivity contribution is 0.186. The van der Waals surface area contributed by atoms with E-state index in [1.807, 2.05) is 6.92 Å². The molecule has 0 atom stereocenters. The Morgan fingerprint density at radius 2 is 1.96 bits per heavy atom. The molecule has 1 aromatic heterocycles. The van der Waals surface area contributed by atoms with Crippen LogP contribution in [0.15, 0.2) is 24.3 Å². The molecule has 0 saturated carbocycles. The number of carbonyl (C=O) groups is 1. The summed E-state index contributed by atoms with van der Waals surface area (Å²) >= 11 is 7.39. The molecule has 2 heterocycles. The summed E-state index contributed by atoms with van der Waals surface area (Å²) in [5.41, 5.74) is 1.68. The van der Waals surface area contributed by atoms with Crippen molar-refractivity contribution in [3.8, 4) is 0 Å². The van der Waals surface area contributed by atoms with Crippen LogP contribution in [0.1, 0.15) is 30.3 Å². The van der Waals surface area contributed by atoms with Crippen molar-refractivity contribution in [3.63, 3.8) is 0 Å². The number of nitrogens with one attached hydrogen (secondary N) is 2. The lowest BCUT2D eigenvalue weighted by Gasteiger charge is -2.29. The largest absolute Gasteiger partial charge is 0.325 e. The highest BCUT2D eigenvalue weighted by Gasteiger charge is 2.18. The maximum atomic E-state index is 12.1. The second kappa shape index (κ2) is 8.17. The van der Waals surface area contributed by atoms with Gasteiger partial charge in [-0.25, -0.2) is 9.78 Å². The third-order valence-corrected chi connectivity index (χ3v) is 5.77. The molecule has 1 aromatic carbocycles. The Morgan fingerprint density at radius 1 is 1.28 bits per heavy atom. The molecule has 7 heteroatoms. The van der Waals surface area contributed by atoms with Crippen LogP contribution in [0.3, 0.4) is 0 Å². The third-order valence-electron chi connectivity index (χ3n) is 4.46. The van der Waals surface area contributed by atoms with Gasteiger partial charge in [-0.2, -0.15) is 0 Å². The topological polar surface area (TPSA) is 57.3 Å². The molecule has 0 bridgehead atoms. The first-order chi connectivity index (χ1) is 12.0. The summed E-state index contributed by atoms with van der Waals surface area (Å²) in [6.07, 6.45) is 2.51. The molecule has 0 spiro atoms. The van der Waals surface area contributed by atoms with Gasteiger partial charge < -0.3 is 5.32 Å². The molecule has 0 aliphatic carbocycles. The minimum Gasteiger partial charge on any atom is -0.308 e. The Hall–Kier alpha value is -1.63. The monoisotopic (exact) mass is 378 g/mol. The molecule has 0 unspecified atom stereocenters. The number of aromatic nitrogens is 1. The fourth-order valence-electron chi connectivity index (χ4n) is 2.84. The smallest absolute Gasteiger partial charge is 0.308 e. The van der Waals surface area contributed by atoms with E-state index >= 15 is 0 Å². The number of hydrogen-bond acceptors (Lipinski definition) is 4. The van der Waals surface area contributed by atoms with Gasteiger partial charge in [-0.3, -0.25) is 10.2 Å². The number of urea groups is 1. The van der Waals surface area contributed by atoms with Crippen LogP contribution in [-0.4, -0.2) is 29.0 Å². The first kappa shape index (κ1) is 18.2. The van der Waals surface area contributed by atoms with Gasteiger partial charge in [0.25, 0.3) is 0 Å². The molecule has 2 N–H and O–H groups in total. The molecule has 1 fully saturated rings. The average molecular weight is 379 g/mol. The van der Waals surface area contributed by atoms with Crippen molar-refractivity contribution in [2.24, 2.45) is 5.92 Å². The first-order valence-electron chi connectivity index (χ1n) is 8.52. The fraction of sp³-hybridized carbons (Fsp3) is 0.444. The van der Waals surface area contributed by atoms with E-state index in [2.05, 4.69) is 27.4 Å². The van der Waals surface area contributed by atoms with E-state index in [4.69, 9.17) is 11.6 Å². The van der Waals surface area contributed by atoms with Gasteiger partial charge in [-0.15, -0.1) is 11.3 Å². The second-order valence-electron chi connectivity index (χ2n) is 6.57. The van der Waals surface area contributed by atoms with Crippen LogP contribution >= 0.6 is 22.9 Å². The molecule has 2 amide bonds. The number of anilines is 2. The van der Waals surface area contributed by atoms with E-state index < -0.39 is 0 Å². The maximum Gasteiger partial charge on any atom is 0.325 e. The van der Waals surface area contributed by atoms with Gasteiger partial charge in [-0.05, 0) is 63.0 Å². The molecule has 1 aliphatic rings. The van der Waals surface area contributed by atoms with Crippen molar-refractivity contribution >= 4 is 39.8 Å². The van der Waals surface area contributed by atoms with Gasteiger partial charge in [0.1, 0.15) is 0 Å². The van der Waals surface area contributed by atoms with Crippen LogP contribution in [0.5, 0.6) is 0 Å². The summed E-state index contributed by atoms with van der Waals surface area (Å²) in [5, 5.41) is 6.86. The van der Waals surface area contributed by atoms with Crippen molar-refractivity contribution in [2.75, 3.05) is 23.7 Å². The summed E-state index contributed by atoms with van der Waals surface area (Å²) in [4.78, 5) is 20.3. The number of rotatable bonds is 4. The zero-order chi connectivity index (χ0) is 17.8. The number of halogens is 1. The molecule has 2 aromatic rings. The van der Waals surface area contributed by atoms with Crippen molar-refractivity contribution in [3.05, 3.63) is 39.9 Å². The maximum absolute atomic E-state index is 12.1. The van der Waals surface area contributed by atoms with Gasteiger partial charge in [0.15, 0.2) is 5.13 Å². The number of aryl methyl sites for hydroxylation is 1. The summed E-state index contributed by atoms with van der Waals surface area (Å²) in [6, 6.07) is 6.70. The summed E-state index contributed by atoms with van der Waals surface area (Å²) in [7, 11) is 0. The number of hydrogen-bond donors (Lipinski definition) is 2. The number of piperidine rings is 1. The minimum atomic E-state index is -0.297. The molecular formula is C18H23ClN4OS. The van der Waals surface area contributed by atoms with Crippen molar-refractivity contribution in [2.45, 2.75) is 33.2 Å². The minimum absolute atomic E-state index is 0.297. The third kappa shape index (κ3) is 5.17. The van der Waals surface area contributed by atoms with Gasteiger partial charge in [0, 0.05) is 22.1 Å². The molecule has 1 saturated heterocycles. The van der Waals surface area contributed by atoms with Gasteiger partial charge in [0.2, 0.25) is 0 Å². The van der Waals surface area contributed by atoms with Crippen molar-refractivity contribution in [1.82, 2.24) is 9.88 Å². The lowest BCUT2D eigenvalue weighted by Crippen LogP contribution is -2.32. The van der Waals surface area contributed by atoms with Crippen LogP contribution in [0.25, 0.3) is 0 Å². The number of carbonyl (C=O) groups excluding carboxylic acids is 1. The zero-order valence-electron chi connectivity index (χ0n) is 14.5. The number of nitrogens with zero attached hydrogens (tertiary/aromatic N) is 2. The van der Waals surface area contributed by atoms with Crippen molar-refractivity contribution < 1.29 is 4.79 Å². The Labute approximate surface area is 157 Å². The van der Waals surface area contributed by atoms with E-state index in [-0.39, 0.29) is 6.03 Å². The molecule has 134 valence electrons. The van der Waals surface area contributed by atoms with E-state index in [0.717, 1.165) is 31.2 Å².